The SMILES string of the molecule is COc1cccc(NC(N)=NCCCOc2c(C)cccc2C)c1.I. The largest absolute Gasteiger partial charge is 0.497 e. The van der Waals surface area contributed by atoms with E-state index in [-0.39, 0.29) is 24.0 Å². The van der Waals surface area contributed by atoms with Crippen LogP contribution in [0.5, 0.6) is 11.5 Å². The Kier molecular flexibility index (Phi) is 9.12. The van der Waals surface area contributed by atoms with Gasteiger partial charge in [0.25, 0.3) is 0 Å². The maximum Gasteiger partial charge on any atom is 0.193 e. The van der Waals surface area contributed by atoms with Crippen LogP contribution >= 0.6 is 24.0 Å². The summed E-state index contributed by atoms with van der Waals surface area (Å²) in [5.74, 6) is 2.12. The molecule has 0 spiro atoms. The van der Waals surface area contributed by atoms with E-state index in [1.807, 2.05) is 30.3 Å². The van der Waals surface area contributed by atoms with Gasteiger partial charge in [-0.05, 0) is 37.1 Å². The molecule has 0 radical (unpaired) electrons. The van der Waals surface area contributed by atoms with Crippen LogP contribution in [0, 0.1) is 13.8 Å². The van der Waals surface area contributed by atoms with Crippen LogP contribution in [0.25, 0.3) is 0 Å². The van der Waals surface area contributed by atoms with E-state index in [1.165, 1.54) is 0 Å². The summed E-state index contributed by atoms with van der Waals surface area (Å²) >= 11 is 0. The van der Waals surface area contributed by atoms with Gasteiger partial charge in [0.05, 0.1) is 13.7 Å². The fourth-order valence-electron chi connectivity index (χ4n) is 2.35. The highest BCUT2D eigenvalue weighted by Gasteiger charge is 2.02. The molecule has 6 heteroatoms. The molecule has 0 aliphatic carbocycles. The summed E-state index contributed by atoms with van der Waals surface area (Å²) in [6.45, 7) is 5.32. The Labute approximate surface area is 166 Å². The number of hydrogen-bond donors (Lipinski definition) is 2. The molecule has 5 nitrogen and oxygen atoms in total. The lowest BCUT2D eigenvalue weighted by Gasteiger charge is -2.11. The van der Waals surface area contributed by atoms with Crippen molar-refractivity contribution in [1.82, 2.24) is 0 Å². The number of guanidine groups is 1. The van der Waals surface area contributed by atoms with Crippen molar-refractivity contribution in [1.29, 1.82) is 0 Å². The van der Waals surface area contributed by atoms with Crippen LogP contribution in [0.1, 0.15) is 17.5 Å². The van der Waals surface area contributed by atoms with Gasteiger partial charge in [-0.3, -0.25) is 4.99 Å². The second-order valence-corrected chi connectivity index (χ2v) is 5.55. The van der Waals surface area contributed by atoms with Gasteiger partial charge >= 0.3 is 0 Å². The summed E-state index contributed by atoms with van der Waals surface area (Å²) in [7, 11) is 1.63. The molecule has 3 N–H and O–H groups in total. The van der Waals surface area contributed by atoms with Crippen molar-refractivity contribution < 1.29 is 9.47 Å². The van der Waals surface area contributed by atoms with Crippen molar-refractivity contribution in [3.8, 4) is 11.5 Å². The topological polar surface area (TPSA) is 68.9 Å². The second kappa shape index (κ2) is 10.8. The molecule has 0 aromatic heterocycles. The molecule has 0 fully saturated rings. The third kappa shape index (κ3) is 6.81. The van der Waals surface area contributed by atoms with Crippen LogP contribution in [-0.2, 0) is 0 Å². The number of nitrogens with two attached hydrogens (primary N) is 1. The van der Waals surface area contributed by atoms with E-state index in [1.54, 1.807) is 7.11 Å². The normalized spacial score (nSPS) is 10.8. The maximum atomic E-state index is 5.90. The fraction of sp³-hybridized carbons (Fsp3) is 0.316. The molecule has 0 saturated heterocycles. The molecule has 25 heavy (non-hydrogen) atoms. The highest BCUT2D eigenvalue weighted by molar-refractivity contribution is 14.0. The van der Waals surface area contributed by atoms with Gasteiger partial charge in [-0.25, -0.2) is 0 Å². The molecule has 136 valence electrons. The number of nitrogens with one attached hydrogen (secondary N) is 1. The zero-order valence-electron chi connectivity index (χ0n) is 14.9. The Morgan fingerprint density at radius 3 is 2.48 bits per heavy atom. The van der Waals surface area contributed by atoms with Crippen molar-refractivity contribution in [2.75, 3.05) is 25.6 Å². The molecule has 0 heterocycles. The average molecular weight is 455 g/mol. The van der Waals surface area contributed by atoms with Crippen LogP contribution in [-0.4, -0.2) is 26.2 Å². The summed E-state index contributed by atoms with van der Waals surface area (Å²) in [5, 5.41) is 3.05. The molecule has 0 aliphatic heterocycles. The Morgan fingerprint density at radius 1 is 1.12 bits per heavy atom. The van der Waals surface area contributed by atoms with Crippen molar-refractivity contribution in [3.05, 3.63) is 53.6 Å². The molecular formula is C19H26IN3O2. The van der Waals surface area contributed by atoms with Gasteiger partial charge in [0, 0.05) is 24.7 Å². The highest BCUT2D eigenvalue weighted by atomic mass is 127. The minimum Gasteiger partial charge on any atom is -0.497 e. The van der Waals surface area contributed by atoms with Crippen molar-refractivity contribution in [3.63, 3.8) is 0 Å². The molecule has 0 aliphatic rings. The molecule has 0 unspecified atom stereocenters. The van der Waals surface area contributed by atoms with Gasteiger partial charge in [0.2, 0.25) is 0 Å². The van der Waals surface area contributed by atoms with Crippen molar-refractivity contribution in [2.24, 2.45) is 10.7 Å². The summed E-state index contributed by atoms with van der Waals surface area (Å²) in [6, 6.07) is 13.7. The third-order valence-electron chi connectivity index (χ3n) is 3.58. The molecule has 0 bridgehead atoms. The van der Waals surface area contributed by atoms with Crippen molar-refractivity contribution in [2.45, 2.75) is 20.3 Å². The van der Waals surface area contributed by atoms with Crippen molar-refractivity contribution >= 4 is 35.6 Å². The number of aryl methyl sites for hydroxylation is 2. The fourth-order valence-corrected chi connectivity index (χ4v) is 2.35. The van der Waals surface area contributed by atoms with E-state index < -0.39 is 0 Å². The number of nitrogens with zero attached hydrogens (tertiary/aromatic N) is 1. The number of ether oxygens (including phenoxy) is 2. The number of para-hydroxylation sites is 1. The Hall–Kier alpha value is -1.96. The zero-order valence-corrected chi connectivity index (χ0v) is 17.2. The van der Waals surface area contributed by atoms with Gasteiger partial charge in [-0.1, -0.05) is 24.3 Å². The summed E-state index contributed by atoms with van der Waals surface area (Å²) in [5.41, 5.74) is 9.05. The quantitative estimate of drug-likeness (QED) is 0.285. The van der Waals surface area contributed by atoms with Gasteiger partial charge in [0.15, 0.2) is 5.96 Å². The number of hydrogen-bond acceptors (Lipinski definition) is 3. The average Bonchev–Trinajstić information content (AvgIpc) is 2.57. The summed E-state index contributed by atoms with van der Waals surface area (Å²) in [6.07, 6.45) is 0.800. The predicted octanol–water partition coefficient (Wildman–Crippen LogP) is 4.13. The lowest BCUT2D eigenvalue weighted by atomic mass is 10.1. The predicted molar refractivity (Wildman–Crippen MR) is 115 cm³/mol. The van der Waals surface area contributed by atoms with Crippen LogP contribution < -0.4 is 20.5 Å². The second-order valence-electron chi connectivity index (χ2n) is 5.55. The molecule has 2 aromatic carbocycles. The molecule has 2 rings (SSSR count). The molecule has 0 saturated carbocycles. The maximum absolute atomic E-state index is 5.90. The first-order valence-electron chi connectivity index (χ1n) is 8.00. The van der Waals surface area contributed by atoms with E-state index in [4.69, 9.17) is 15.2 Å². The Morgan fingerprint density at radius 2 is 1.80 bits per heavy atom. The Balaban J connectivity index is 0.00000312. The number of benzene rings is 2. The smallest absolute Gasteiger partial charge is 0.193 e. The minimum absolute atomic E-state index is 0. The molecular weight excluding hydrogens is 429 g/mol. The first-order chi connectivity index (χ1) is 11.6. The third-order valence-corrected chi connectivity index (χ3v) is 3.58. The minimum atomic E-state index is 0. The zero-order chi connectivity index (χ0) is 17.4. The highest BCUT2D eigenvalue weighted by Crippen LogP contribution is 2.22. The van der Waals surface area contributed by atoms with E-state index in [2.05, 4.69) is 36.3 Å². The van der Waals surface area contributed by atoms with Gasteiger partial charge in [-0.15, -0.1) is 24.0 Å². The van der Waals surface area contributed by atoms with Crippen LogP contribution in [0.3, 0.4) is 0 Å². The molecule has 2 aromatic rings. The Bertz CT molecular complexity index is 685. The van der Waals surface area contributed by atoms with Gasteiger partial charge in [-0.2, -0.15) is 0 Å². The first kappa shape index (κ1) is 21.1. The van der Waals surface area contributed by atoms with E-state index in [9.17, 15) is 0 Å². The summed E-state index contributed by atoms with van der Waals surface area (Å²) < 4.78 is 11.0. The summed E-state index contributed by atoms with van der Waals surface area (Å²) in [4.78, 5) is 4.31. The standard InChI is InChI=1S/C19H25N3O2.HI/c1-14-7-4-8-15(2)18(14)24-12-6-11-21-19(20)22-16-9-5-10-17(13-16)23-3;/h4-5,7-10,13H,6,11-12H2,1-3H3,(H3,20,21,22);1H. The lowest BCUT2D eigenvalue weighted by molar-refractivity contribution is 0.309. The number of halogens is 1. The molecule has 0 atom stereocenters. The number of methoxy groups -OCH3 is 1. The monoisotopic (exact) mass is 455 g/mol. The van der Waals surface area contributed by atoms with Crippen LogP contribution in [0.2, 0.25) is 0 Å². The van der Waals surface area contributed by atoms with E-state index in [0.29, 0.717) is 19.1 Å². The lowest BCUT2D eigenvalue weighted by Crippen LogP contribution is -2.23. The number of aliphatic imine (C=N–C) groups is 1. The van der Waals surface area contributed by atoms with Gasteiger partial charge in [0.1, 0.15) is 11.5 Å². The van der Waals surface area contributed by atoms with E-state index in [0.717, 1.165) is 34.7 Å². The number of anilines is 1. The number of rotatable bonds is 7. The van der Waals surface area contributed by atoms with E-state index >= 15 is 0 Å². The molecule has 0 amide bonds. The van der Waals surface area contributed by atoms with Crippen LogP contribution in [0.4, 0.5) is 5.69 Å². The van der Waals surface area contributed by atoms with Gasteiger partial charge < -0.3 is 20.5 Å². The van der Waals surface area contributed by atoms with Crippen LogP contribution in [0.15, 0.2) is 47.5 Å². The first-order valence-corrected chi connectivity index (χ1v) is 8.00.